The summed E-state index contributed by atoms with van der Waals surface area (Å²) in [6, 6.07) is 7.96. The maximum atomic E-state index is 13.0. The molecule has 0 N–H and O–H groups in total. The maximum Gasteiger partial charge on any atom is 0.244 e. The predicted molar refractivity (Wildman–Crippen MR) is 106 cm³/mol. The van der Waals surface area contributed by atoms with E-state index in [0.717, 1.165) is 18.4 Å². The minimum absolute atomic E-state index is 0.0133. The number of rotatable bonds is 5. The molecule has 0 bridgehead atoms. The van der Waals surface area contributed by atoms with E-state index in [1.807, 2.05) is 12.1 Å². The minimum Gasteiger partial charge on any atom is -0.296 e. The fraction of sp³-hybridized carbons (Fsp3) is 0.353. The fourth-order valence-electron chi connectivity index (χ4n) is 2.93. The molecule has 7 nitrogen and oxygen atoms in total. The molecule has 1 fully saturated rings. The maximum absolute atomic E-state index is 13.0. The molecule has 146 valence electrons. The summed E-state index contributed by atoms with van der Waals surface area (Å²) in [7, 11) is -7.28. The molecule has 3 rings (SSSR count). The number of halogens is 1. The monoisotopic (exact) mass is 473 g/mol. The lowest BCUT2D eigenvalue weighted by atomic mass is 10.2. The van der Waals surface area contributed by atoms with Gasteiger partial charge in [-0.1, -0.05) is 0 Å². The first-order chi connectivity index (χ1) is 12.7. The molecule has 1 aromatic carbocycles. The van der Waals surface area contributed by atoms with Crippen molar-refractivity contribution in [1.29, 1.82) is 0 Å². The normalized spacial score (nSPS) is 17.1. The first-order valence-electron chi connectivity index (χ1n) is 8.29. The second kappa shape index (κ2) is 7.96. The number of aromatic nitrogens is 1. The molecule has 0 amide bonds. The summed E-state index contributed by atoms with van der Waals surface area (Å²) >= 11 is 3.24. The first kappa shape index (κ1) is 20.4. The highest BCUT2D eigenvalue weighted by Gasteiger charge is 2.30. The lowest BCUT2D eigenvalue weighted by Crippen LogP contribution is -2.48. The van der Waals surface area contributed by atoms with Gasteiger partial charge in [-0.2, -0.15) is 4.31 Å². The van der Waals surface area contributed by atoms with E-state index in [2.05, 4.69) is 25.8 Å². The lowest BCUT2D eigenvalue weighted by Gasteiger charge is -2.34. The molecule has 1 aliphatic heterocycles. The lowest BCUT2D eigenvalue weighted by molar-refractivity contribution is 0.181. The number of piperazine rings is 1. The summed E-state index contributed by atoms with van der Waals surface area (Å²) in [5.74, 6) is 0. The van der Waals surface area contributed by atoms with Gasteiger partial charge in [-0.15, -0.1) is 0 Å². The molecule has 0 spiro atoms. The SMILES string of the molecule is CS(=O)(=O)c1ccc(Br)c(S(=O)(=O)N2CCN(Cc3ccncc3)CC2)c1. The zero-order valence-electron chi connectivity index (χ0n) is 14.7. The van der Waals surface area contributed by atoms with E-state index in [4.69, 9.17) is 0 Å². The molecule has 2 aromatic rings. The molecular weight excluding hydrogens is 454 g/mol. The second-order valence-electron chi connectivity index (χ2n) is 6.40. The Balaban J connectivity index is 1.76. The van der Waals surface area contributed by atoms with Crippen LogP contribution >= 0.6 is 15.9 Å². The van der Waals surface area contributed by atoms with Crippen LogP contribution in [-0.2, 0) is 26.4 Å². The van der Waals surface area contributed by atoms with Crippen molar-refractivity contribution >= 4 is 35.8 Å². The average molecular weight is 474 g/mol. The van der Waals surface area contributed by atoms with Crippen molar-refractivity contribution in [3.05, 3.63) is 52.8 Å². The van der Waals surface area contributed by atoms with Crippen LogP contribution in [0.2, 0.25) is 0 Å². The summed E-state index contributed by atoms with van der Waals surface area (Å²) in [6.45, 7) is 2.64. The van der Waals surface area contributed by atoms with Crippen LogP contribution in [0.4, 0.5) is 0 Å². The van der Waals surface area contributed by atoms with E-state index in [1.54, 1.807) is 12.4 Å². The van der Waals surface area contributed by atoms with Gasteiger partial charge < -0.3 is 0 Å². The highest BCUT2D eigenvalue weighted by Crippen LogP contribution is 2.28. The van der Waals surface area contributed by atoms with E-state index in [9.17, 15) is 16.8 Å². The Morgan fingerprint density at radius 3 is 2.22 bits per heavy atom. The Bertz CT molecular complexity index is 1020. The van der Waals surface area contributed by atoms with Gasteiger partial charge in [-0.3, -0.25) is 9.88 Å². The Labute approximate surface area is 168 Å². The zero-order chi connectivity index (χ0) is 19.7. The number of hydrogen-bond acceptors (Lipinski definition) is 6. The molecule has 27 heavy (non-hydrogen) atoms. The van der Waals surface area contributed by atoms with Crippen molar-refractivity contribution in [2.45, 2.75) is 16.3 Å². The average Bonchev–Trinajstić information content (AvgIpc) is 2.62. The summed E-state index contributed by atoms with van der Waals surface area (Å²) in [5, 5.41) is 0. The summed E-state index contributed by atoms with van der Waals surface area (Å²) in [6.07, 6.45) is 4.54. The molecule has 0 unspecified atom stereocenters. The number of sulfonamides is 1. The van der Waals surface area contributed by atoms with Crippen molar-refractivity contribution in [2.75, 3.05) is 32.4 Å². The molecule has 1 aliphatic rings. The van der Waals surface area contributed by atoms with Crippen LogP contribution in [0.1, 0.15) is 5.56 Å². The van der Waals surface area contributed by atoms with Gasteiger partial charge in [-0.25, -0.2) is 16.8 Å². The summed E-state index contributed by atoms with van der Waals surface area (Å²) in [5.41, 5.74) is 1.13. The number of benzene rings is 1. The quantitative estimate of drug-likeness (QED) is 0.657. The van der Waals surface area contributed by atoms with Crippen LogP contribution in [0.25, 0.3) is 0 Å². The number of hydrogen-bond donors (Lipinski definition) is 0. The third-order valence-corrected chi connectivity index (χ3v) is 8.44. The van der Waals surface area contributed by atoms with Crippen LogP contribution in [0.3, 0.4) is 0 Å². The van der Waals surface area contributed by atoms with Gasteiger partial charge in [0.25, 0.3) is 0 Å². The summed E-state index contributed by atoms with van der Waals surface area (Å²) < 4.78 is 51.4. The van der Waals surface area contributed by atoms with E-state index >= 15 is 0 Å². The van der Waals surface area contributed by atoms with Crippen LogP contribution in [0, 0.1) is 0 Å². The molecular formula is C17H20BrN3O4S2. The second-order valence-corrected chi connectivity index (χ2v) is 11.2. The van der Waals surface area contributed by atoms with Gasteiger partial charge in [0.05, 0.1) is 9.79 Å². The third-order valence-electron chi connectivity index (χ3n) is 4.44. The smallest absolute Gasteiger partial charge is 0.244 e. The van der Waals surface area contributed by atoms with Gasteiger partial charge in [0.1, 0.15) is 0 Å². The molecule has 1 aromatic heterocycles. The predicted octanol–water partition coefficient (Wildman–Crippen LogP) is 1.75. The number of pyridine rings is 1. The van der Waals surface area contributed by atoms with Crippen molar-refractivity contribution in [3.63, 3.8) is 0 Å². The van der Waals surface area contributed by atoms with Gasteiger partial charge in [0, 0.05) is 55.8 Å². The molecule has 0 saturated carbocycles. The standard InChI is InChI=1S/C17H20BrN3O4S2/c1-26(22,23)15-2-3-16(18)17(12-15)27(24,25)21-10-8-20(9-11-21)13-14-4-6-19-7-5-14/h2-7,12H,8-11,13H2,1H3. The van der Waals surface area contributed by atoms with Crippen molar-refractivity contribution in [2.24, 2.45) is 0 Å². The van der Waals surface area contributed by atoms with E-state index < -0.39 is 19.9 Å². The molecule has 2 heterocycles. The van der Waals surface area contributed by atoms with Crippen LogP contribution in [0.15, 0.2) is 57.0 Å². The fourth-order valence-corrected chi connectivity index (χ4v) is 6.02. The van der Waals surface area contributed by atoms with Crippen molar-refractivity contribution in [3.8, 4) is 0 Å². The zero-order valence-corrected chi connectivity index (χ0v) is 18.0. The van der Waals surface area contributed by atoms with Crippen LogP contribution in [-0.4, -0.2) is 63.5 Å². The van der Waals surface area contributed by atoms with E-state index in [-0.39, 0.29) is 9.79 Å². The largest absolute Gasteiger partial charge is 0.296 e. The van der Waals surface area contributed by atoms with Crippen LogP contribution in [0.5, 0.6) is 0 Å². The number of sulfone groups is 1. The molecule has 0 radical (unpaired) electrons. The Morgan fingerprint density at radius 2 is 1.63 bits per heavy atom. The third kappa shape index (κ3) is 4.75. The molecule has 0 aliphatic carbocycles. The Kier molecular flexibility index (Phi) is 6.02. The van der Waals surface area contributed by atoms with Gasteiger partial charge in [-0.05, 0) is 51.8 Å². The van der Waals surface area contributed by atoms with Gasteiger partial charge in [0.15, 0.2) is 9.84 Å². The highest BCUT2D eigenvalue weighted by atomic mass is 79.9. The van der Waals surface area contributed by atoms with Crippen molar-refractivity contribution < 1.29 is 16.8 Å². The summed E-state index contributed by atoms with van der Waals surface area (Å²) in [4.78, 5) is 6.15. The highest BCUT2D eigenvalue weighted by molar-refractivity contribution is 9.10. The van der Waals surface area contributed by atoms with E-state index in [0.29, 0.717) is 30.7 Å². The molecule has 0 atom stereocenters. The van der Waals surface area contributed by atoms with Crippen molar-refractivity contribution in [1.82, 2.24) is 14.2 Å². The minimum atomic E-state index is -3.79. The Hall–Kier alpha value is -1.33. The Morgan fingerprint density at radius 1 is 1.00 bits per heavy atom. The van der Waals surface area contributed by atoms with E-state index in [1.165, 1.54) is 22.5 Å². The molecule has 1 saturated heterocycles. The van der Waals surface area contributed by atoms with Crippen LogP contribution < -0.4 is 0 Å². The van der Waals surface area contributed by atoms with Gasteiger partial charge >= 0.3 is 0 Å². The molecule has 10 heteroatoms. The topological polar surface area (TPSA) is 87.6 Å². The van der Waals surface area contributed by atoms with Gasteiger partial charge in [0.2, 0.25) is 10.0 Å². The number of nitrogens with zero attached hydrogens (tertiary/aromatic N) is 3. The first-order valence-corrected chi connectivity index (χ1v) is 12.4.